The fraction of sp³-hybridized carbons (Fsp3) is 0.533. The Labute approximate surface area is 113 Å². The van der Waals surface area contributed by atoms with E-state index in [1.165, 1.54) is 6.07 Å². The minimum atomic E-state index is -0.272. The van der Waals surface area contributed by atoms with E-state index in [0.29, 0.717) is 12.1 Å². The van der Waals surface area contributed by atoms with Crippen LogP contribution in [0.25, 0.3) is 0 Å². The zero-order valence-electron chi connectivity index (χ0n) is 11.8. The van der Waals surface area contributed by atoms with Gasteiger partial charge >= 0.3 is 0 Å². The number of rotatable bonds is 4. The van der Waals surface area contributed by atoms with Crippen LogP contribution in [0.3, 0.4) is 0 Å². The van der Waals surface area contributed by atoms with Crippen LogP contribution >= 0.6 is 0 Å². The maximum atomic E-state index is 13.3. The van der Waals surface area contributed by atoms with E-state index < -0.39 is 0 Å². The molecule has 2 rings (SSSR count). The minimum Gasteiger partial charge on any atom is -0.319 e. The number of halogens is 1. The van der Waals surface area contributed by atoms with Crippen molar-refractivity contribution in [3.63, 3.8) is 0 Å². The van der Waals surface area contributed by atoms with E-state index in [2.05, 4.69) is 5.32 Å². The number of hydrogen-bond acceptors (Lipinski definition) is 2. The molecule has 1 aromatic carbocycles. The zero-order chi connectivity index (χ0) is 14.0. The van der Waals surface area contributed by atoms with Gasteiger partial charge in [-0.2, -0.15) is 0 Å². The number of nitrogens with one attached hydrogen (secondary N) is 1. The second-order valence-corrected chi connectivity index (χ2v) is 5.46. The van der Waals surface area contributed by atoms with Gasteiger partial charge in [0.25, 0.3) is 0 Å². The summed E-state index contributed by atoms with van der Waals surface area (Å²) in [6, 6.07) is 4.80. The highest BCUT2D eigenvalue weighted by atomic mass is 19.1. The van der Waals surface area contributed by atoms with Crippen molar-refractivity contribution in [1.82, 2.24) is 5.32 Å². The van der Waals surface area contributed by atoms with Crippen LogP contribution in [0.5, 0.6) is 0 Å². The number of hydrogen-bond donors (Lipinski definition) is 1. The molecule has 1 amide bonds. The normalized spacial score (nSPS) is 16.8. The average Bonchev–Trinajstić information content (AvgIpc) is 2.35. The summed E-state index contributed by atoms with van der Waals surface area (Å²) in [7, 11) is 3.64. The molecule has 104 valence electrons. The molecule has 0 radical (unpaired) electrons. The summed E-state index contributed by atoms with van der Waals surface area (Å²) >= 11 is 0. The van der Waals surface area contributed by atoms with E-state index in [1.54, 1.807) is 31.0 Å². The summed E-state index contributed by atoms with van der Waals surface area (Å²) < 4.78 is 13.3. The molecule has 1 aliphatic carbocycles. The molecule has 1 aliphatic rings. The first-order valence-electron chi connectivity index (χ1n) is 6.69. The van der Waals surface area contributed by atoms with Crippen LogP contribution in [0.2, 0.25) is 0 Å². The molecule has 0 saturated heterocycles. The van der Waals surface area contributed by atoms with E-state index in [4.69, 9.17) is 0 Å². The SMILES string of the molecule is CNCC1(C(=O)N(C)c2ccc(F)c(C)c2)CCC1. The molecular formula is C15H21FN2O. The van der Waals surface area contributed by atoms with Gasteiger partial charge in [0.05, 0.1) is 5.41 Å². The highest BCUT2D eigenvalue weighted by molar-refractivity contribution is 5.98. The molecule has 0 heterocycles. The fourth-order valence-corrected chi connectivity index (χ4v) is 2.72. The Morgan fingerprint density at radius 1 is 1.47 bits per heavy atom. The van der Waals surface area contributed by atoms with Crippen LogP contribution in [0.4, 0.5) is 10.1 Å². The molecule has 0 aromatic heterocycles. The van der Waals surface area contributed by atoms with E-state index in [0.717, 1.165) is 24.9 Å². The lowest BCUT2D eigenvalue weighted by Gasteiger charge is -2.42. The minimum absolute atomic E-state index is 0.124. The van der Waals surface area contributed by atoms with Crippen LogP contribution in [0.1, 0.15) is 24.8 Å². The Balaban J connectivity index is 2.20. The first kappa shape index (κ1) is 14.0. The summed E-state index contributed by atoms with van der Waals surface area (Å²) in [5.41, 5.74) is 1.05. The highest BCUT2D eigenvalue weighted by Crippen LogP contribution is 2.42. The van der Waals surface area contributed by atoms with Crippen molar-refractivity contribution in [3.8, 4) is 0 Å². The Hall–Kier alpha value is -1.42. The Bertz CT molecular complexity index is 483. The molecule has 3 nitrogen and oxygen atoms in total. The summed E-state index contributed by atoms with van der Waals surface area (Å²) in [4.78, 5) is 14.3. The number of anilines is 1. The first-order chi connectivity index (χ1) is 9.00. The standard InChI is InChI=1S/C15H21FN2O/c1-11-9-12(5-6-13(11)16)18(3)14(19)15(10-17-2)7-4-8-15/h5-6,9,17H,4,7-8,10H2,1-3H3. The summed E-state index contributed by atoms with van der Waals surface area (Å²) in [5, 5.41) is 3.11. The largest absolute Gasteiger partial charge is 0.319 e. The molecule has 0 unspecified atom stereocenters. The second-order valence-electron chi connectivity index (χ2n) is 5.46. The van der Waals surface area contributed by atoms with E-state index >= 15 is 0 Å². The van der Waals surface area contributed by atoms with Gasteiger partial charge in [-0.25, -0.2) is 4.39 Å². The second kappa shape index (κ2) is 5.29. The van der Waals surface area contributed by atoms with Crippen molar-refractivity contribution in [2.75, 3.05) is 25.5 Å². The number of carbonyl (C=O) groups is 1. The number of benzene rings is 1. The lowest BCUT2D eigenvalue weighted by Crippen LogP contribution is -2.51. The molecule has 4 heteroatoms. The molecule has 0 bridgehead atoms. The monoisotopic (exact) mass is 264 g/mol. The van der Waals surface area contributed by atoms with Crippen molar-refractivity contribution in [2.45, 2.75) is 26.2 Å². The van der Waals surface area contributed by atoms with Gasteiger partial charge in [-0.1, -0.05) is 6.42 Å². The van der Waals surface area contributed by atoms with Crippen LogP contribution in [0, 0.1) is 18.2 Å². The lowest BCUT2D eigenvalue weighted by molar-refractivity contribution is -0.132. The smallest absolute Gasteiger partial charge is 0.234 e. The van der Waals surface area contributed by atoms with Gasteiger partial charge in [0, 0.05) is 19.3 Å². The Morgan fingerprint density at radius 2 is 2.16 bits per heavy atom. The van der Waals surface area contributed by atoms with Crippen molar-refractivity contribution < 1.29 is 9.18 Å². The number of carbonyl (C=O) groups excluding carboxylic acids is 1. The van der Waals surface area contributed by atoms with Gasteiger partial charge in [0.1, 0.15) is 5.82 Å². The third kappa shape index (κ3) is 2.50. The third-order valence-corrected chi connectivity index (χ3v) is 4.11. The Kier molecular flexibility index (Phi) is 3.90. The van der Waals surface area contributed by atoms with Crippen LogP contribution in [-0.2, 0) is 4.79 Å². The summed E-state index contributed by atoms with van der Waals surface area (Å²) in [6.45, 7) is 2.42. The van der Waals surface area contributed by atoms with Gasteiger partial charge in [-0.3, -0.25) is 4.79 Å². The van der Waals surface area contributed by atoms with Crippen LogP contribution in [-0.4, -0.2) is 26.5 Å². The van der Waals surface area contributed by atoms with Crippen LogP contribution in [0.15, 0.2) is 18.2 Å². The van der Waals surface area contributed by atoms with Gasteiger partial charge in [-0.15, -0.1) is 0 Å². The maximum absolute atomic E-state index is 13.3. The predicted octanol–water partition coefficient (Wildman–Crippen LogP) is 2.49. The summed E-state index contributed by atoms with van der Waals surface area (Å²) in [5.74, 6) is -0.114. The average molecular weight is 264 g/mol. The first-order valence-corrected chi connectivity index (χ1v) is 6.69. The van der Waals surface area contributed by atoms with E-state index in [-0.39, 0.29) is 17.1 Å². The van der Waals surface area contributed by atoms with Crippen molar-refractivity contribution >= 4 is 11.6 Å². The lowest BCUT2D eigenvalue weighted by atomic mass is 9.67. The quantitative estimate of drug-likeness (QED) is 0.906. The molecule has 1 saturated carbocycles. The molecule has 1 fully saturated rings. The topological polar surface area (TPSA) is 32.3 Å². The van der Waals surface area contributed by atoms with Gasteiger partial charge in [0.2, 0.25) is 5.91 Å². The number of aryl methyl sites for hydroxylation is 1. The molecule has 0 atom stereocenters. The van der Waals surface area contributed by atoms with E-state index in [1.807, 2.05) is 7.05 Å². The summed E-state index contributed by atoms with van der Waals surface area (Å²) in [6.07, 6.45) is 2.96. The fourth-order valence-electron chi connectivity index (χ4n) is 2.72. The third-order valence-electron chi connectivity index (χ3n) is 4.11. The number of amides is 1. The maximum Gasteiger partial charge on any atom is 0.234 e. The van der Waals surface area contributed by atoms with Crippen molar-refractivity contribution in [1.29, 1.82) is 0 Å². The molecule has 1 N–H and O–H groups in total. The van der Waals surface area contributed by atoms with Gasteiger partial charge in [0.15, 0.2) is 0 Å². The molecule has 19 heavy (non-hydrogen) atoms. The van der Waals surface area contributed by atoms with Gasteiger partial charge in [-0.05, 0) is 50.6 Å². The number of nitrogens with zero attached hydrogens (tertiary/aromatic N) is 1. The molecule has 1 aromatic rings. The van der Waals surface area contributed by atoms with Gasteiger partial charge < -0.3 is 10.2 Å². The van der Waals surface area contributed by atoms with Crippen molar-refractivity contribution in [3.05, 3.63) is 29.6 Å². The molecule has 0 aliphatic heterocycles. The Morgan fingerprint density at radius 3 is 2.63 bits per heavy atom. The van der Waals surface area contributed by atoms with Crippen molar-refractivity contribution in [2.24, 2.45) is 5.41 Å². The predicted molar refractivity (Wildman–Crippen MR) is 74.8 cm³/mol. The van der Waals surface area contributed by atoms with E-state index in [9.17, 15) is 9.18 Å². The molecule has 0 spiro atoms. The van der Waals surface area contributed by atoms with Crippen LogP contribution < -0.4 is 10.2 Å². The zero-order valence-corrected chi connectivity index (χ0v) is 11.8. The molecular weight excluding hydrogens is 243 g/mol. The highest BCUT2D eigenvalue weighted by Gasteiger charge is 2.45.